The summed E-state index contributed by atoms with van der Waals surface area (Å²) in [5.41, 5.74) is 0. The van der Waals surface area contributed by atoms with Gasteiger partial charge in [0, 0.05) is 19.3 Å². The summed E-state index contributed by atoms with van der Waals surface area (Å²) in [6.45, 7) is 4.69. The molecular weight excluding hydrogens is 606 g/mol. The monoisotopic (exact) mass is 683 g/mol. The number of allylic oxidation sites excluding steroid dienone is 2. The van der Waals surface area contributed by atoms with Crippen LogP contribution in [0.3, 0.4) is 0 Å². The van der Waals surface area contributed by atoms with Crippen LogP contribution in [-0.2, 0) is 28.6 Å². The van der Waals surface area contributed by atoms with Gasteiger partial charge in [0.05, 0.1) is 34.4 Å². The number of ether oxygens (including phenoxy) is 3. The van der Waals surface area contributed by atoms with Crippen molar-refractivity contribution in [2.75, 3.05) is 41.0 Å². The minimum atomic E-state index is -0.876. The number of rotatable bonds is 35. The predicted octanol–water partition coefficient (Wildman–Crippen LogP) is 9.97. The van der Waals surface area contributed by atoms with Crippen LogP contribution in [0.15, 0.2) is 12.2 Å². The van der Waals surface area contributed by atoms with E-state index in [-0.39, 0.29) is 36.2 Å². The van der Waals surface area contributed by atoms with Crippen LogP contribution in [0.2, 0.25) is 0 Å². The van der Waals surface area contributed by atoms with Gasteiger partial charge in [0.15, 0.2) is 12.1 Å². The Morgan fingerprint density at radius 2 is 1.04 bits per heavy atom. The molecule has 0 spiro atoms. The van der Waals surface area contributed by atoms with Gasteiger partial charge in [-0.2, -0.15) is 0 Å². The quantitative estimate of drug-likeness (QED) is 0.0307. The lowest BCUT2D eigenvalue weighted by atomic mass is 10.1. The van der Waals surface area contributed by atoms with Crippen molar-refractivity contribution in [1.82, 2.24) is 0 Å². The van der Waals surface area contributed by atoms with Crippen molar-refractivity contribution in [1.29, 1.82) is 0 Å². The number of carboxylic acid groups (broad SMARTS) is 1. The van der Waals surface area contributed by atoms with E-state index in [0.717, 1.165) is 51.4 Å². The third kappa shape index (κ3) is 30.2. The SMILES string of the molecule is CCCCCCCCC/C=C\CCCCCCCC(=O)OC(COCCC(C(=O)O)[N+](C)(C)C)COC(=O)CCCCCCCCCC. The highest BCUT2D eigenvalue weighted by molar-refractivity contribution is 5.72. The number of quaternary nitrogens is 1. The number of carboxylic acids is 1. The molecular formula is C40H76NO7+. The fourth-order valence-electron chi connectivity index (χ4n) is 5.79. The Kier molecular flexibility index (Phi) is 31.0. The number of esters is 2. The van der Waals surface area contributed by atoms with Gasteiger partial charge in [0.2, 0.25) is 0 Å². The van der Waals surface area contributed by atoms with Crippen LogP contribution < -0.4 is 0 Å². The molecule has 282 valence electrons. The predicted molar refractivity (Wildman–Crippen MR) is 197 cm³/mol. The van der Waals surface area contributed by atoms with E-state index in [9.17, 15) is 19.5 Å². The van der Waals surface area contributed by atoms with E-state index in [2.05, 4.69) is 26.0 Å². The van der Waals surface area contributed by atoms with Gasteiger partial charge in [-0.3, -0.25) is 9.59 Å². The van der Waals surface area contributed by atoms with Crippen LogP contribution >= 0.6 is 0 Å². The van der Waals surface area contributed by atoms with Gasteiger partial charge in [-0.1, -0.05) is 129 Å². The maximum Gasteiger partial charge on any atom is 0.362 e. The summed E-state index contributed by atoms with van der Waals surface area (Å²) in [6.07, 6.45) is 31.1. The summed E-state index contributed by atoms with van der Waals surface area (Å²) in [4.78, 5) is 36.7. The normalized spacial score (nSPS) is 13.1. The molecule has 0 radical (unpaired) electrons. The number of nitrogens with zero attached hydrogens (tertiary/aromatic N) is 1. The van der Waals surface area contributed by atoms with Gasteiger partial charge < -0.3 is 23.8 Å². The summed E-state index contributed by atoms with van der Waals surface area (Å²) in [5, 5.41) is 9.57. The van der Waals surface area contributed by atoms with Crippen LogP contribution in [0.1, 0.15) is 174 Å². The first kappa shape index (κ1) is 46.1. The molecule has 0 saturated heterocycles. The molecule has 8 nitrogen and oxygen atoms in total. The fourth-order valence-corrected chi connectivity index (χ4v) is 5.79. The lowest BCUT2D eigenvalue weighted by Crippen LogP contribution is -2.50. The van der Waals surface area contributed by atoms with Crippen molar-refractivity contribution in [2.24, 2.45) is 0 Å². The third-order valence-electron chi connectivity index (χ3n) is 8.91. The molecule has 1 N–H and O–H groups in total. The van der Waals surface area contributed by atoms with Gasteiger partial charge in [-0.05, 0) is 38.5 Å². The van der Waals surface area contributed by atoms with Gasteiger partial charge in [0.25, 0.3) is 0 Å². The second-order valence-electron chi connectivity index (χ2n) is 14.5. The number of likely N-dealkylation sites (N-methyl/N-ethyl adjacent to an activating group) is 1. The first-order chi connectivity index (χ1) is 23.1. The Labute approximate surface area is 295 Å². The molecule has 0 heterocycles. The number of carbonyl (C=O) groups is 3. The summed E-state index contributed by atoms with van der Waals surface area (Å²) in [7, 11) is 5.52. The van der Waals surface area contributed by atoms with E-state index < -0.39 is 18.1 Å². The Bertz CT molecular complexity index is 808. The lowest BCUT2D eigenvalue weighted by molar-refractivity contribution is -0.887. The average molecular weight is 683 g/mol. The molecule has 0 saturated carbocycles. The molecule has 0 bridgehead atoms. The van der Waals surface area contributed by atoms with Crippen LogP contribution in [0.5, 0.6) is 0 Å². The fraction of sp³-hybridized carbons (Fsp3) is 0.875. The second kappa shape index (κ2) is 32.3. The van der Waals surface area contributed by atoms with Gasteiger partial charge in [0.1, 0.15) is 6.61 Å². The molecule has 0 aromatic heterocycles. The zero-order chi connectivity index (χ0) is 35.7. The average Bonchev–Trinajstić information content (AvgIpc) is 3.03. The number of hydrogen-bond donors (Lipinski definition) is 1. The number of aliphatic carboxylic acids is 1. The van der Waals surface area contributed by atoms with Crippen LogP contribution in [0.4, 0.5) is 0 Å². The topological polar surface area (TPSA) is 99.1 Å². The molecule has 0 aliphatic carbocycles. The van der Waals surface area contributed by atoms with E-state index >= 15 is 0 Å². The highest BCUT2D eigenvalue weighted by Crippen LogP contribution is 2.14. The number of unbranched alkanes of at least 4 members (excludes halogenated alkanes) is 19. The first-order valence-electron chi connectivity index (χ1n) is 19.7. The van der Waals surface area contributed by atoms with Crippen LogP contribution in [0.25, 0.3) is 0 Å². The van der Waals surface area contributed by atoms with E-state index in [1.807, 2.05) is 21.1 Å². The standard InChI is InChI=1S/C40H75NO7/c1-6-8-10-12-14-16-17-18-19-20-21-22-23-25-27-29-31-39(43)48-36(34-46-33-32-37(40(44)45)41(3,4)5)35-47-38(42)30-28-26-24-15-13-11-9-7-2/h19-20,36-37H,6-18,21-35H2,1-5H3/p+1/b20-19-. The number of carbonyl (C=O) groups excluding carboxylic acids is 2. The molecule has 2 unspecified atom stereocenters. The van der Waals surface area contributed by atoms with Crippen molar-refractivity contribution in [3.05, 3.63) is 12.2 Å². The summed E-state index contributed by atoms with van der Waals surface area (Å²) in [5.74, 6) is -1.48. The lowest BCUT2D eigenvalue weighted by Gasteiger charge is -2.31. The van der Waals surface area contributed by atoms with Gasteiger partial charge in [-0.15, -0.1) is 0 Å². The molecule has 0 aliphatic heterocycles. The smallest absolute Gasteiger partial charge is 0.362 e. The van der Waals surface area contributed by atoms with Crippen molar-refractivity contribution in [2.45, 2.75) is 187 Å². The summed E-state index contributed by atoms with van der Waals surface area (Å²) < 4.78 is 17.2. The zero-order valence-corrected chi connectivity index (χ0v) is 32.0. The van der Waals surface area contributed by atoms with Crippen molar-refractivity contribution in [3.63, 3.8) is 0 Å². The van der Waals surface area contributed by atoms with E-state index in [1.54, 1.807) is 0 Å². The van der Waals surface area contributed by atoms with E-state index in [4.69, 9.17) is 14.2 Å². The van der Waals surface area contributed by atoms with Crippen molar-refractivity contribution in [3.8, 4) is 0 Å². The molecule has 8 heteroatoms. The zero-order valence-electron chi connectivity index (χ0n) is 32.0. The van der Waals surface area contributed by atoms with E-state index in [0.29, 0.717) is 19.3 Å². The number of hydrogen-bond acceptors (Lipinski definition) is 6. The molecule has 2 atom stereocenters. The van der Waals surface area contributed by atoms with Crippen molar-refractivity contribution < 1.29 is 38.2 Å². The van der Waals surface area contributed by atoms with Crippen LogP contribution in [0, 0.1) is 0 Å². The van der Waals surface area contributed by atoms with Crippen LogP contribution in [-0.4, -0.2) is 80.6 Å². The molecule has 0 aliphatic rings. The summed E-state index contributed by atoms with van der Waals surface area (Å²) >= 11 is 0. The molecule has 0 fully saturated rings. The first-order valence-corrected chi connectivity index (χ1v) is 19.7. The summed E-state index contributed by atoms with van der Waals surface area (Å²) in [6, 6.07) is -0.610. The molecule has 0 rings (SSSR count). The van der Waals surface area contributed by atoms with Gasteiger partial charge >= 0.3 is 17.9 Å². The Hall–Kier alpha value is -1.93. The Balaban J connectivity index is 4.36. The maximum absolute atomic E-state index is 12.6. The van der Waals surface area contributed by atoms with Crippen molar-refractivity contribution >= 4 is 17.9 Å². The van der Waals surface area contributed by atoms with Gasteiger partial charge in [-0.25, -0.2) is 4.79 Å². The minimum absolute atomic E-state index is 0.0498. The Morgan fingerprint density at radius 3 is 1.50 bits per heavy atom. The molecule has 0 aromatic rings. The largest absolute Gasteiger partial charge is 0.477 e. The highest BCUT2D eigenvalue weighted by Gasteiger charge is 2.31. The molecule has 48 heavy (non-hydrogen) atoms. The maximum atomic E-state index is 12.6. The second-order valence-corrected chi connectivity index (χ2v) is 14.5. The molecule has 0 aromatic carbocycles. The molecule has 0 amide bonds. The van der Waals surface area contributed by atoms with E-state index in [1.165, 1.54) is 89.9 Å². The highest BCUT2D eigenvalue weighted by atomic mass is 16.6. The Morgan fingerprint density at radius 1 is 0.604 bits per heavy atom. The minimum Gasteiger partial charge on any atom is -0.477 e. The third-order valence-corrected chi connectivity index (χ3v) is 8.91.